The van der Waals surface area contributed by atoms with E-state index in [0.29, 0.717) is 0 Å². The van der Waals surface area contributed by atoms with E-state index in [9.17, 15) is 0 Å². The van der Waals surface area contributed by atoms with Crippen molar-refractivity contribution in [1.82, 2.24) is 10.2 Å². The second-order valence-electron chi connectivity index (χ2n) is 4.35. The maximum Gasteiger partial charge on any atom is 0.0334 e. The van der Waals surface area contributed by atoms with E-state index >= 15 is 0 Å². The van der Waals surface area contributed by atoms with E-state index in [1.165, 1.54) is 22.6 Å². The minimum absolute atomic E-state index is 0.813. The van der Waals surface area contributed by atoms with Crippen molar-refractivity contribution in [1.29, 1.82) is 0 Å². The Bertz CT molecular complexity index is 341. The van der Waals surface area contributed by atoms with Crippen molar-refractivity contribution < 1.29 is 0 Å². The Morgan fingerprint density at radius 1 is 1.50 bits per heavy atom. The van der Waals surface area contributed by atoms with Crippen LogP contribution < -0.4 is 5.32 Å². The molecule has 1 fully saturated rings. The third-order valence-electron chi connectivity index (χ3n) is 2.85. The van der Waals surface area contributed by atoms with Gasteiger partial charge in [0.1, 0.15) is 0 Å². The van der Waals surface area contributed by atoms with Crippen LogP contribution in [0.15, 0.2) is 24.8 Å². The molecule has 3 heteroatoms. The molecule has 16 heavy (non-hydrogen) atoms. The fourth-order valence-electron chi connectivity index (χ4n) is 1.92. The van der Waals surface area contributed by atoms with Gasteiger partial charge in [-0.25, -0.2) is 0 Å². The molecule has 0 unspecified atom stereocenters. The molecular weight excluding hydrogens is 216 g/mol. The number of thiophene rings is 1. The highest BCUT2D eigenvalue weighted by atomic mass is 32.1. The average Bonchev–Trinajstić information content (AvgIpc) is 3.02. The molecule has 0 amide bonds. The smallest absolute Gasteiger partial charge is 0.0334 e. The summed E-state index contributed by atoms with van der Waals surface area (Å²) >= 11 is 1.92. The molecule has 1 aromatic rings. The molecule has 1 saturated carbocycles. The predicted octanol–water partition coefficient (Wildman–Crippen LogP) is 2.62. The average molecular weight is 236 g/mol. The van der Waals surface area contributed by atoms with Gasteiger partial charge in [-0.2, -0.15) is 0 Å². The molecule has 1 aromatic heterocycles. The van der Waals surface area contributed by atoms with Crippen LogP contribution in [-0.2, 0) is 13.1 Å². The fraction of sp³-hybridized carbons (Fsp3) is 0.538. The summed E-state index contributed by atoms with van der Waals surface area (Å²) in [6.07, 6.45) is 4.74. The fourth-order valence-corrected chi connectivity index (χ4v) is 2.98. The molecule has 88 valence electrons. The third-order valence-corrected chi connectivity index (χ3v) is 3.92. The maximum absolute atomic E-state index is 3.84. The third kappa shape index (κ3) is 3.17. The van der Waals surface area contributed by atoms with E-state index < -0.39 is 0 Å². The first-order valence-electron chi connectivity index (χ1n) is 5.90. The van der Waals surface area contributed by atoms with E-state index in [1.54, 1.807) is 0 Å². The van der Waals surface area contributed by atoms with Crippen LogP contribution in [0.2, 0.25) is 0 Å². The standard InChI is InChI=1S/C13H20N2S/c1-3-8-15(11-4-5-11)10-13-7-6-12(16-13)9-14-2/h3,6-7,11,14H,1,4-5,8-10H2,2H3. The normalized spacial score (nSPS) is 15.6. The molecule has 2 nitrogen and oxygen atoms in total. The molecule has 2 rings (SSSR count). The molecule has 0 radical (unpaired) electrons. The van der Waals surface area contributed by atoms with Gasteiger partial charge in [0.15, 0.2) is 0 Å². The number of rotatable bonds is 7. The predicted molar refractivity (Wildman–Crippen MR) is 70.7 cm³/mol. The lowest BCUT2D eigenvalue weighted by Crippen LogP contribution is -2.24. The van der Waals surface area contributed by atoms with Crippen LogP contribution in [0, 0.1) is 0 Å². The van der Waals surface area contributed by atoms with Crippen LogP contribution in [0.3, 0.4) is 0 Å². The zero-order chi connectivity index (χ0) is 11.4. The van der Waals surface area contributed by atoms with Gasteiger partial charge in [0.25, 0.3) is 0 Å². The van der Waals surface area contributed by atoms with Gasteiger partial charge < -0.3 is 5.32 Å². The van der Waals surface area contributed by atoms with Crippen LogP contribution in [0.5, 0.6) is 0 Å². The Morgan fingerprint density at radius 3 is 2.88 bits per heavy atom. The lowest BCUT2D eigenvalue weighted by atomic mass is 10.3. The highest BCUT2D eigenvalue weighted by molar-refractivity contribution is 7.11. The summed E-state index contributed by atoms with van der Waals surface area (Å²) in [4.78, 5) is 5.42. The number of hydrogen-bond donors (Lipinski definition) is 1. The van der Waals surface area contributed by atoms with E-state index in [0.717, 1.165) is 25.7 Å². The second kappa shape index (κ2) is 5.62. The maximum atomic E-state index is 3.84. The second-order valence-corrected chi connectivity index (χ2v) is 5.60. The summed E-state index contributed by atoms with van der Waals surface area (Å²) in [5, 5.41) is 3.19. The van der Waals surface area contributed by atoms with Crippen LogP contribution >= 0.6 is 11.3 Å². The first-order valence-corrected chi connectivity index (χ1v) is 6.72. The Morgan fingerprint density at radius 2 is 2.25 bits per heavy atom. The summed E-state index contributed by atoms with van der Waals surface area (Å²) in [7, 11) is 1.99. The van der Waals surface area contributed by atoms with Gasteiger partial charge >= 0.3 is 0 Å². The monoisotopic (exact) mass is 236 g/mol. The minimum atomic E-state index is 0.813. The molecule has 1 N–H and O–H groups in total. The molecule has 1 aliphatic carbocycles. The van der Waals surface area contributed by atoms with Crippen molar-refractivity contribution in [3.8, 4) is 0 Å². The van der Waals surface area contributed by atoms with Gasteiger partial charge in [0, 0.05) is 35.4 Å². The van der Waals surface area contributed by atoms with Gasteiger partial charge in [-0.1, -0.05) is 6.08 Å². The molecule has 1 aliphatic rings. The minimum Gasteiger partial charge on any atom is -0.315 e. The molecule has 0 bridgehead atoms. The largest absolute Gasteiger partial charge is 0.315 e. The Hall–Kier alpha value is -0.640. The summed E-state index contributed by atoms with van der Waals surface area (Å²) in [5.74, 6) is 0. The Kier molecular flexibility index (Phi) is 4.16. The van der Waals surface area contributed by atoms with Crippen molar-refractivity contribution >= 4 is 11.3 Å². The SMILES string of the molecule is C=CCN(Cc1ccc(CNC)s1)C1CC1. The zero-order valence-electron chi connectivity index (χ0n) is 9.91. The number of hydrogen-bond acceptors (Lipinski definition) is 3. The van der Waals surface area contributed by atoms with Crippen LogP contribution in [0.1, 0.15) is 22.6 Å². The van der Waals surface area contributed by atoms with Gasteiger partial charge in [0.05, 0.1) is 0 Å². The molecular formula is C13H20N2S. The van der Waals surface area contributed by atoms with Gasteiger partial charge in [-0.05, 0) is 32.0 Å². The van der Waals surface area contributed by atoms with Crippen LogP contribution in [0.4, 0.5) is 0 Å². The lowest BCUT2D eigenvalue weighted by molar-refractivity contribution is 0.286. The highest BCUT2D eigenvalue weighted by Crippen LogP contribution is 2.29. The molecule has 0 saturated heterocycles. The van der Waals surface area contributed by atoms with Crippen molar-refractivity contribution in [2.45, 2.75) is 32.0 Å². The first-order chi connectivity index (χ1) is 7.83. The van der Waals surface area contributed by atoms with Crippen molar-refractivity contribution in [2.75, 3.05) is 13.6 Å². The summed E-state index contributed by atoms with van der Waals surface area (Å²) in [5.41, 5.74) is 0. The quantitative estimate of drug-likeness (QED) is 0.732. The molecule has 0 aromatic carbocycles. The zero-order valence-corrected chi connectivity index (χ0v) is 10.7. The van der Waals surface area contributed by atoms with E-state index in [4.69, 9.17) is 0 Å². The Balaban J connectivity index is 1.92. The first kappa shape index (κ1) is 11.8. The lowest BCUT2D eigenvalue weighted by Gasteiger charge is -2.18. The summed E-state index contributed by atoms with van der Waals surface area (Å²) in [6, 6.07) is 5.30. The van der Waals surface area contributed by atoms with E-state index in [1.807, 2.05) is 24.5 Å². The number of nitrogens with zero attached hydrogens (tertiary/aromatic N) is 1. The van der Waals surface area contributed by atoms with Crippen molar-refractivity contribution in [3.63, 3.8) is 0 Å². The van der Waals surface area contributed by atoms with Crippen LogP contribution in [0.25, 0.3) is 0 Å². The molecule has 1 heterocycles. The van der Waals surface area contributed by atoms with Gasteiger partial charge in [0.2, 0.25) is 0 Å². The number of nitrogens with one attached hydrogen (secondary N) is 1. The summed E-state index contributed by atoms with van der Waals surface area (Å²) < 4.78 is 0. The molecule has 0 spiro atoms. The summed E-state index contributed by atoms with van der Waals surface area (Å²) in [6.45, 7) is 6.93. The topological polar surface area (TPSA) is 15.3 Å². The van der Waals surface area contributed by atoms with Gasteiger partial charge in [-0.15, -0.1) is 17.9 Å². The van der Waals surface area contributed by atoms with Crippen molar-refractivity contribution in [3.05, 3.63) is 34.5 Å². The van der Waals surface area contributed by atoms with E-state index in [2.05, 4.69) is 28.9 Å². The molecule has 0 aliphatic heterocycles. The Labute approximate surface area is 102 Å². The molecule has 0 atom stereocenters. The van der Waals surface area contributed by atoms with E-state index in [-0.39, 0.29) is 0 Å². The highest BCUT2D eigenvalue weighted by Gasteiger charge is 2.28. The van der Waals surface area contributed by atoms with Crippen LogP contribution in [-0.4, -0.2) is 24.5 Å². The van der Waals surface area contributed by atoms with Gasteiger partial charge in [-0.3, -0.25) is 4.90 Å². The van der Waals surface area contributed by atoms with Crippen molar-refractivity contribution in [2.24, 2.45) is 0 Å².